The Hall–Kier alpha value is -0.980. The van der Waals surface area contributed by atoms with Gasteiger partial charge in [-0.05, 0) is 30.8 Å². The molecule has 0 radical (unpaired) electrons. The molecule has 2 rings (SSSR count). The van der Waals surface area contributed by atoms with Gasteiger partial charge in [0, 0.05) is 17.2 Å². The van der Waals surface area contributed by atoms with E-state index >= 15 is 0 Å². The van der Waals surface area contributed by atoms with Gasteiger partial charge >= 0.3 is 0 Å². The number of hydrogen-bond acceptors (Lipinski definition) is 5. The second kappa shape index (κ2) is 5.56. The van der Waals surface area contributed by atoms with Crippen LogP contribution < -0.4 is 9.47 Å². The quantitative estimate of drug-likeness (QED) is 0.781. The molecule has 0 fully saturated rings. The van der Waals surface area contributed by atoms with Crippen molar-refractivity contribution in [3.8, 4) is 11.5 Å². The first-order valence-corrected chi connectivity index (χ1v) is 8.36. The van der Waals surface area contributed by atoms with Crippen LogP contribution in [0.5, 0.6) is 11.5 Å². The zero-order chi connectivity index (χ0) is 14.0. The van der Waals surface area contributed by atoms with E-state index in [1.165, 1.54) is 0 Å². The third-order valence-electron chi connectivity index (χ3n) is 3.06. The number of halogens is 1. The minimum Gasteiger partial charge on any atom is -0.454 e. The van der Waals surface area contributed by atoms with Crippen molar-refractivity contribution < 1.29 is 17.9 Å². The van der Waals surface area contributed by atoms with Crippen LogP contribution in [0.25, 0.3) is 0 Å². The van der Waals surface area contributed by atoms with Crippen molar-refractivity contribution in [2.24, 2.45) is 0 Å². The van der Waals surface area contributed by atoms with Crippen molar-refractivity contribution in [1.29, 1.82) is 0 Å². The Morgan fingerprint density at radius 1 is 1.26 bits per heavy atom. The van der Waals surface area contributed by atoms with E-state index in [1.807, 2.05) is 0 Å². The number of fused-ring (bicyclic) bond motifs is 1. The van der Waals surface area contributed by atoms with Crippen LogP contribution >= 0.6 is 10.7 Å². The van der Waals surface area contributed by atoms with E-state index in [2.05, 4.69) is 18.7 Å². The molecule has 5 nitrogen and oxygen atoms in total. The third-order valence-corrected chi connectivity index (χ3v) is 4.39. The molecule has 1 aliphatic rings. The highest BCUT2D eigenvalue weighted by Gasteiger charge is 2.26. The summed E-state index contributed by atoms with van der Waals surface area (Å²) in [5, 5.41) is 0. The average Bonchev–Trinajstić information content (AvgIpc) is 2.81. The predicted molar refractivity (Wildman–Crippen MR) is 72.2 cm³/mol. The lowest BCUT2D eigenvalue weighted by Gasteiger charge is -2.18. The minimum atomic E-state index is -3.85. The van der Waals surface area contributed by atoms with Crippen molar-refractivity contribution in [3.63, 3.8) is 0 Å². The van der Waals surface area contributed by atoms with E-state index in [-0.39, 0.29) is 17.4 Å². The Bertz CT molecular complexity index is 569. The smallest absolute Gasteiger partial charge is 0.265 e. The van der Waals surface area contributed by atoms with Gasteiger partial charge in [-0.2, -0.15) is 0 Å². The van der Waals surface area contributed by atoms with Crippen molar-refractivity contribution >= 4 is 19.7 Å². The summed E-state index contributed by atoms with van der Waals surface area (Å²) in [4.78, 5) is 2.15. The van der Waals surface area contributed by atoms with Gasteiger partial charge in [-0.15, -0.1) is 0 Å². The lowest BCUT2D eigenvalue weighted by atomic mass is 10.2. The standard InChI is InChI=1S/C12H16ClNO4S/c1-3-14(4-2)7-9-5-10-12(18-8-17-10)11(6-9)19(13,15)16/h5-6H,3-4,7-8H2,1-2H3. The molecule has 0 N–H and O–H groups in total. The molecule has 0 unspecified atom stereocenters. The van der Waals surface area contributed by atoms with Gasteiger partial charge in [0.15, 0.2) is 11.5 Å². The molecule has 0 amide bonds. The van der Waals surface area contributed by atoms with Gasteiger partial charge in [0.1, 0.15) is 4.90 Å². The summed E-state index contributed by atoms with van der Waals surface area (Å²) in [6.07, 6.45) is 0. The number of ether oxygens (including phenoxy) is 2. The fourth-order valence-electron chi connectivity index (χ4n) is 2.01. The first-order chi connectivity index (χ1) is 8.95. The van der Waals surface area contributed by atoms with E-state index in [4.69, 9.17) is 20.2 Å². The molecule has 7 heteroatoms. The maximum absolute atomic E-state index is 11.6. The molecule has 1 aliphatic heterocycles. The Kier molecular flexibility index (Phi) is 4.23. The third kappa shape index (κ3) is 3.13. The molecule has 19 heavy (non-hydrogen) atoms. The Labute approximate surface area is 117 Å². The largest absolute Gasteiger partial charge is 0.454 e. The van der Waals surface area contributed by atoms with Gasteiger partial charge in [0.25, 0.3) is 9.05 Å². The lowest BCUT2D eigenvalue weighted by Crippen LogP contribution is -2.22. The molecule has 0 saturated carbocycles. The summed E-state index contributed by atoms with van der Waals surface area (Å²) in [6, 6.07) is 3.35. The van der Waals surface area contributed by atoms with E-state index in [1.54, 1.807) is 12.1 Å². The van der Waals surface area contributed by atoms with Gasteiger partial charge in [-0.25, -0.2) is 8.42 Å². The van der Waals surface area contributed by atoms with Crippen molar-refractivity contribution in [2.45, 2.75) is 25.3 Å². The van der Waals surface area contributed by atoms with E-state index < -0.39 is 9.05 Å². The highest BCUT2D eigenvalue weighted by atomic mass is 35.7. The first kappa shape index (κ1) is 14.4. The summed E-state index contributed by atoms with van der Waals surface area (Å²) in [6.45, 7) is 6.53. The van der Waals surface area contributed by atoms with Gasteiger partial charge in [-0.3, -0.25) is 4.90 Å². The lowest BCUT2D eigenvalue weighted by molar-refractivity contribution is 0.172. The first-order valence-electron chi connectivity index (χ1n) is 6.05. The summed E-state index contributed by atoms with van der Waals surface area (Å²) in [5.74, 6) is 0.641. The molecule has 0 aromatic heterocycles. The Balaban J connectivity index is 2.42. The highest BCUT2D eigenvalue weighted by molar-refractivity contribution is 8.13. The maximum Gasteiger partial charge on any atom is 0.265 e. The molecule has 1 heterocycles. The van der Waals surface area contributed by atoms with Crippen LogP contribution in [0.3, 0.4) is 0 Å². The van der Waals surface area contributed by atoms with Crippen LogP contribution in [0.2, 0.25) is 0 Å². The molecule has 0 aliphatic carbocycles. The van der Waals surface area contributed by atoms with Crippen LogP contribution in [0.4, 0.5) is 0 Å². The van der Waals surface area contributed by atoms with Crippen LogP contribution in [-0.4, -0.2) is 33.2 Å². The van der Waals surface area contributed by atoms with Crippen LogP contribution in [-0.2, 0) is 15.6 Å². The summed E-state index contributed by atoms with van der Waals surface area (Å²) in [7, 11) is 1.59. The monoisotopic (exact) mass is 305 g/mol. The molecular formula is C12H16ClNO4S. The maximum atomic E-state index is 11.6. The zero-order valence-electron chi connectivity index (χ0n) is 10.8. The van der Waals surface area contributed by atoms with Crippen molar-refractivity contribution in [2.75, 3.05) is 19.9 Å². The summed E-state index contributed by atoms with van der Waals surface area (Å²) >= 11 is 0. The normalized spacial score (nSPS) is 14.1. The Morgan fingerprint density at radius 2 is 1.95 bits per heavy atom. The predicted octanol–water partition coefficient (Wildman–Crippen LogP) is 2.18. The van der Waals surface area contributed by atoms with E-state index in [0.717, 1.165) is 18.7 Å². The minimum absolute atomic E-state index is 0.0173. The van der Waals surface area contributed by atoms with Crippen molar-refractivity contribution in [3.05, 3.63) is 17.7 Å². The van der Waals surface area contributed by atoms with Gasteiger partial charge in [0.2, 0.25) is 6.79 Å². The molecule has 0 atom stereocenters. The molecule has 0 saturated heterocycles. The summed E-state index contributed by atoms with van der Waals surface area (Å²) in [5.41, 5.74) is 0.840. The van der Waals surface area contributed by atoms with Gasteiger partial charge < -0.3 is 9.47 Å². The summed E-state index contributed by atoms with van der Waals surface area (Å²) < 4.78 is 33.6. The number of rotatable bonds is 5. The average molecular weight is 306 g/mol. The van der Waals surface area contributed by atoms with E-state index in [9.17, 15) is 8.42 Å². The molecular weight excluding hydrogens is 290 g/mol. The number of hydrogen-bond donors (Lipinski definition) is 0. The fourth-order valence-corrected chi connectivity index (χ4v) is 3.03. The topological polar surface area (TPSA) is 55.8 Å². The number of benzene rings is 1. The van der Waals surface area contributed by atoms with Crippen molar-refractivity contribution in [1.82, 2.24) is 4.90 Å². The SMILES string of the molecule is CCN(CC)Cc1cc2c(c(S(=O)(=O)Cl)c1)OCO2. The molecule has 1 aromatic carbocycles. The van der Waals surface area contributed by atoms with Gasteiger partial charge in [-0.1, -0.05) is 13.8 Å². The zero-order valence-corrected chi connectivity index (χ0v) is 12.4. The molecule has 1 aromatic rings. The molecule has 0 bridgehead atoms. The van der Waals surface area contributed by atoms with E-state index in [0.29, 0.717) is 12.3 Å². The second-order valence-corrected chi connectivity index (χ2v) is 6.76. The van der Waals surface area contributed by atoms with Gasteiger partial charge in [0.05, 0.1) is 0 Å². The highest BCUT2D eigenvalue weighted by Crippen LogP contribution is 2.40. The van der Waals surface area contributed by atoms with Crippen LogP contribution in [0.15, 0.2) is 17.0 Å². The second-order valence-electron chi connectivity index (χ2n) is 4.23. The number of nitrogens with zero attached hydrogens (tertiary/aromatic N) is 1. The Morgan fingerprint density at radius 3 is 2.53 bits per heavy atom. The van der Waals surface area contributed by atoms with Crippen LogP contribution in [0, 0.1) is 0 Å². The molecule has 0 spiro atoms. The fraction of sp³-hybridized carbons (Fsp3) is 0.500. The van der Waals surface area contributed by atoms with Crippen LogP contribution in [0.1, 0.15) is 19.4 Å². The molecule has 106 valence electrons.